The van der Waals surface area contributed by atoms with E-state index in [4.69, 9.17) is 25.8 Å². The molecule has 0 bridgehead atoms. The third-order valence-electron chi connectivity index (χ3n) is 5.24. The Kier molecular flexibility index (Phi) is 7.96. The molecule has 0 spiro atoms. The summed E-state index contributed by atoms with van der Waals surface area (Å²) in [4.78, 5) is 13.0. The number of ether oxygens (including phenoxy) is 3. The van der Waals surface area contributed by atoms with Crippen LogP contribution in [0.3, 0.4) is 0 Å². The number of nitrogens with zero attached hydrogens (tertiary/aromatic N) is 2. The number of fused-ring (bicyclic) bond motifs is 1. The normalized spacial score (nSPS) is 15.6. The SMILES string of the molecule is COc1cc([C@H](CC=C(C)C)OC(=O)c2ccc(Cl)cc2)c(OC)c2c1C(=NO)C=CC2=NO. The van der Waals surface area contributed by atoms with Gasteiger partial charge in [-0.05, 0) is 56.3 Å². The Morgan fingerprint density at radius 2 is 1.65 bits per heavy atom. The summed E-state index contributed by atoms with van der Waals surface area (Å²) < 4.78 is 17.2. The van der Waals surface area contributed by atoms with Crippen molar-refractivity contribution >= 4 is 29.0 Å². The Labute approximate surface area is 202 Å². The first-order chi connectivity index (χ1) is 16.3. The largest absolute Gasteiger partial charge is 0.496 e. The van der Waals surface area contributed by atoms with Crippen LogP contribution in [0.2, 0.25) is 5.02 Å². The fourth-order valence-corrected chi connectivity index (χ4v) is 3.76. The van der Waals surface area contributed by atoms with E-state index >= 15 is 0 Å². The van der Waals surface area contributed by atoms with E-state index in [1.165, 1.54) is 26.4 Å². The zero-order valence-corrected chi connectivity index (χ0v) is 20.0. The van der Waals surface area contributed by atoms with Gasteiger partial charge >= 0.3 is 5.97 Å². The molecule has 178 valence electrons. The Bertz CT molecular complexity index is 1190. The van der Waals surface area contributed by atoms with Gasteiger partial charge in [-0.1, -0.05) is 33.6 Å². The molecule has 1 atom stereocenters. The molecule has 0 amide bonds. The number of oxime groups is 2. The third-order valence-corrected chi connectivity index (χ3v) is 5.49. The average molecular weight is 485 g/mol. The molecule has 3 rings (SSSR count). The number of halogens is 1. The maximum Gasteiger partial charge on any atom is 0.338 e. The molecule has 34 heavy (non-hydrogen) atoms. The zero-order valence-electron chi connectivity index (χ0n) is 19.2. The fourth-order valence-electron chi connectivity index (χ4n) is 3.63. The van der Waals surface area contributed by atoms with Gasteiger partial charge in [0, 0.05) is 17.0 Å². The van der Waals surface area contributed by atoms with Gasteiger partial charge in [0.15, 0.2) is 0 Å². The highest BCUT2D eigenvalue weighted by Crippen LogP contribution is 2.42. The molecular weight excluding hydrogens is 460 g/mol. The molecule has 0 saturated heterocycles. The lowest BCUT2D eigenvalue weighted by atomic mass is 9.88. The van der Waals surface area contributed by atoms with Crippen LogP contribution in [0.5, 0.6) is 11.5 Å². The molecule has 2 aromatic rings. The van der Waals surface area contributed by atoms with E-state index in [-0.39, 0.29) is 11.4 Å². The van der Waals surface area contributed by atoms with E-state index in [9.17, 15) is 15.2 Å². The number of carbonyl (C=O) groups is 1. The van der Waals surface area contributed by atoms with Crippen LogP contribution in [0.15, 0.2) is 64.4 Å². The Morgan fingerprint density at radius 3 is 2.18 bits per heavy atom. The summed E-state index contributed by atoms with van der Waals surface area (Å²) in [5.41, 5.74) is 2.96. The molecule has 0 unspecified atom stereocenters. The highest BCUT2D eigenvalue weighted by atomic mass is 35.5. The first kappa shape index (κ1) is 24.9. The minimum atomic E-state index is -0.771. The van der Waals surface area contributed by atoms with Crippen molar-refractivity contribution < 1.29 is 29.4 Å². The van der Waals surface area contributed by atoms with E-state index < -0.39 is 12.1 Å². The van der Waals surface area contributed by atoms with Crippen molar-refractivity contribution in [2.75, 3.05) is 14.2 Å². The van der Waals surface area contributed by atoms with Gasteiger partial charge in [-0.2, -0.15) is 0 Å². The van der Waals surface area contributed by atoms with Crippen molar-refractivity contribution in [1.29, 1.82) is 0 Å². The molecule has 1 aliphatic rings. The smallest absolute Gasteiger partial charge is 0.338 e. The van der Waals surface area contributed by atoms with Crippen LogP contribution in [0.1, 0.15) is 53.4 Å². The first-order valence-corrected chi connectivity index (χ1v) is 10.7. The molecule has 0 radical (unpaired) electrons. The Hall–Kier alpha value is -3.78. The van der Waals surface area contributed by atoms with Crippen molar-refractivity contribution in [3.63, 3.8) is 0 Å². The van der Waals surface area contributed by atoms with Gasteiger partial charge in [0.2, 0.25) is 0 Å². The van der Waals surface area contributed by atoms with Crippen LogP contribution in [-0.4, -0.2) is 42.0 Å². The molecule has 2 N–H and O–H groups in total. The van der Waals surface area contributed by atoms with Crippen molar-refractivity contribution in [3.8, 4) is 11.5 Å². The lowest BCUT2D eigenvalue weighted by Crippen LogP contribution is -2.20. The second kappa shape index (κ2) is 10.9. The number of hydrogen-bond acceptors (Lipinski definition) is 8. The summed E-state index contributed by atoms with van der Waals surface area (Å²) in [6.07, 6.45) is 4.48. The lowest BCUT2D eigenvalue weighted by Gasteiger charge is -2.26. The van der Waals surface area contributed by atoms with E-state index in [2.05, 4.69) is 10.3 Å². The van der Waals surface area contributed by atoms with E-state index in [1.54, 1.807) is 30.3 Å². The molecule has 0 fully saturated rings. The van der Waals surface area contributed by atoms with Crippen LogP contribution < -0.4 is 9.47 Å². The average Bonchev–Trinajstić information content (AvgIpc) is 2.84. The quantitative estimate of drug-likeness (QED) is 0.231. The van der Waals surface area contributed by atoms with Crippen molar-refractivity contribution in [1.82, 2.24) is 0 Å². The van der Waals surface area contributed by atoms with Gasteiger partial charge in [0.25, 0.3) is 0 Å². The maximum absolute atomic E-state index is 13.0. The number of rotatable bonds is 7. The van der Waals surface area contributed by atoms with Crippen LogP contribution in [0.4, 0.5) is 0 Å². The van der Waals surface area contributed by atoms with Crippen LogP contribution in [0.25, 0.3) is 0 Å². The number of allylic oxidation sites excluding steroid dienone is 3. The summed E-state index contributed by atoms with van der Waals surface area (Å²) in [5.74, 6) is 0.0788. The van der Waals surface area contributed by atoms with Gasteiger partial charge in [0.1, 0.15) is 29.0 Å². The number of esters is 1. The van der Waals surface area contributed by atoms with Crippen molar-refractivity contribution in [3.05, 3.63) is 81.4 Å². The maximum atomic E-state index is 13.0. The van der Waals surface area contributed by atoms with Crippen LogP contribution in [-0.2, 0) is 4.74 Å². The number of benzene rings is 2. The van der Waals surface area contributed by atoms with Gasteiger partial charge in [0.05, 0.1) is 30.9 Å². The molecule has 2 aromatic carbocycles. The number of carbonyl (C=O) groups excluding carboxylic acids is 1. The van der Waals surface area contributed by atoms with Gasteiger partial charge in [-0.15, -0.1) is 0 Å². The second-order valence-electron chi connectivity index (χ2n) is 7.67. The predicted octanol–water partition coefficient (Wildman–Crippen LogP) is 5.54. The van der Waals surface area contributed by atoms with Gasteiger partial charge in [-0.25, -0.2) is 4.79 Å². The zero-order chi connectivity index (χ0) is 24.8. The molecule has 0 aromatic heterocycles. The van der Waals surface area contributed by atoms with E-state index in [0.29, 0.717) is 45.2 Å². The highest BCUT2D eigenvalue weighted by molar-refractivity contribution is 6.30. The van der Waals surface area contributed by atoms with Crippen molar-refractivity contribution in [2.24, 2.45) is 10.3 Å². The molecular formula is C25H25ClN2O6. The number of methoxy groups -OCH3 is 2. The molecule has 8 nitrogen and oxygen atoms in total. The topological polar surface area (TPSA) is 110 Å². The predicted molar refractivity (Wildman–Crippen MR) is 129 cm³/mol. The van der Waals surface area contributed by atoms with Crippen LogP contribution in [0, 0.1) is 0 Å². The summed E-state index contributed by atoms with van der Waals surface area (Å²) in [6, 6.07) is 8.04. The number of hydrogen-bond donors (Lipinski definition) is 2. The van der Waals surface area contributed by atoms with Crippen LogP contribution >= 0.6 is 11.6 Å². The van der Waals surface area contributed by atoms with Gasteiger partial charge in [-0.3, -0.25) is 0 Å². The third kappa shape index (κ3) is 5.07. The fraction of sp³-hybridized carbons (Fsp3) is 0.240. The molecule has 1 aliphatic carbocycles. The summed E-state index contributed by atoms with van der Waals surface area (Å²) in [7, 11) is 2.91. The Balaban J connectivity index is 2.20. The molecule has 0 saturated carbocycles. The monoisotopic (exact) mass is 484 g/mol. The first-order valence-electron chi connectivity index (χ1n) is 10.4. The molecule has 9 heteroatoms. The summed E-state index contributed by atoms with van der Waals surface area (Å²) in [5, 5.41) is 26.3. The molecule has 0 aliphatic heterocycles. The standard InChI is InChI=1S/C25H25ClN2O6/c1-14(2)5-12-20(34-25(29)15-6-8-16(26)9-7-15)17-13-21(32-3)22-18(27-30)10-11-19(28-31)23(22)24(17)33-4/h5-11,13,20,30-31H,12H2,1-4H3/t20-/m0/s1. The molecule has 0 heterocycles. The van der Waals surface area contributed by atoms with Crippen molar-refractivity contribution in [2.45, 2.75) is 26.4 Å². The van der Waals surface area contributed by atoms with E-state index in [1.807, 2.05) is 19.9 Å². The minimum Gasteiger partial charge on any atom is -0.496 e. The summed E-state index contributed by atoms with van der Waals surface area (Å²) in [6.45, 7) is 3.88. The minimum absolute atomic E-state index is 0.171. The lowest BCUT2D eigenvalue weighted by molar-refractivity contribution is 0.0297. The van der Waals surface area contributed by atoms with Gasteiger partial charge < -0.3 is 24.6 Å². The second-order valence-corrected chi connectivity index (χ2v) is 8.11. The summed E-state index contributed by atoms with van der Waals surface area (Å²) >= 11 is 5.94. The van der Waals surface area contributed by atoms with E-state index in [0.717, 1.165) is 5.57 Å². The highest BCUT2D eigenvalue weighted by Gasteiger charge is 2.32. The Morgan fingerprint density at radius 1 is 1.03 bits per heavy atom.